The van der Waals surface area contributed by atoms with Crippen LogP contribution in [0.1, 0.15) is 12.8 Å². The minimum absolute atomic E-state index is 0.457. The Balaban J connectivity index is 2.78. The van der Waals surface area contributed by atoms with Crippen molar-refractivity contribution in [1.82, 2.24) is 10.9 Å². The van der Waals surface area contributed by atoms with Crippen LogP contribution in [-0.2, 0) is 14.4 Å². The van der Waals surface area contributed by atoms with Gasteiger partial charge in [-0.25, -0.2) is 0 Å². The van der Waals surface area contributed by atoms with Gasteiger partial charge in [-0.1, -0.05) is 0 Å². The molecule has 1 unspecified atom stereocenters. The van der Waals surface area contributed by atoms with Crippen LogP contribution in [0.4, 0.5) is 0 Å². The van der Waals surface area contributed by atoms with Crippen LogP contribution in [0.3, 0.4) is 0 Å². The van der Waals surface area contributed by atoms with Crippen molar-refractivity contribution in [2.75, 3.05) is 0 Å². The number of rotatable bonds is 2. The summed E-state index contributed by atoms with van der Waals surface area (Å²) < 4.78 is 0. The standard InChI is InChI=1S/C6H9N3O4/c7-3(10)1-6(13)2-4(11)8-9-5(6)12/h13H,1-2H2,(H2,7,10)(H,8,11)(H,9,12). The van der Waals surface area contributed by atoms with Crippen molar-refractivity contribution in [1.29, 1.82) is 0 Å². The molecule has 5 N–H and O–H groups in total. The molecule has 0 saturated carbocycles. The van der Waals surface area contributed by atoms with Crippen LogP contribution in [0.15, 0.2) is 0 Å². The van der Waals surface area contributed by atoms with E-state index in [1.807, 2.05) is 10.9 Å². The van der Waals surface area contributed by atoms with Gasteiger partial charge in [0.25, 0.3) is 5.91 Å². The molecule has 7 heteroatoms. The molecular formula is C6H9N3O4. The fraction of sp³-hybridized carbons (Fsp3) is 0.500. The number of hydrogen-bond donors (Lipinski definition) is 4. The molecule has 0 radical (unpaired) electrons. The smallest absolute Gasteiger partial charge is 0.271 e. The first kappa shape index (κ1) is 9.46. The predicted octanol–water partition coefficient (Wildman–Crippen LogP) is -2.86. The number of hydrogen-bond acceptors (Lipinski definition) is 4. The van der Waals surface area contributed by atoms with Crippen molar-refractivity contribution in [2.24, 2.45) is 5.73 Å². The summed E-state index contributed by atoms with van der Waals surface area (Å²) in [6.07, 6.45) is -1.02. The first-order valence-corrected chi connectivity index (χ1v) is 3.54. The summed E-state index contributed by atoms with van der Waals surface area (Å²) in [5.74, 6) is -2.23. The topological polar surface area (TPSA) is 122 Å². The van der Waals surface area contributed by atoms with E-state index in [2.05, 4.69) is 0 Å². The maximum absolute atomic E-state index is 11.0. The lowest BCUT2D eigenvalue weighted by molar-refractivity contribution is -0.156. The lowest BCUT2D eigenvalue weighted by Gasteiger charge is -2.29. The molecular weight excluding hydrogens is 178 g/mol. The molecule has 0 aromatic rings. The molecule has 1 aliphatic rings. The SMILES string of the molecule is NC(=O)CC1(O)CC(=O)NNC1=O. The second-order valence-electron chi connectivity index (χ2n) is 2.85. The highest BCUT2D eigenvalue weighted by atomic mass is 16.3. The predicted molar refractivity (Wildman–Crippen MR) is 39.7 cm³/mol. The van der Waals surface area contributed by atoms with Crippen LogP contribution in [0, 0.1) is 0 Å². The van der Waals surface area contributed by atoms with Gasteiger partial charge in [-0.3, -0.25) is 25.2 Å². The van der Waals surface area contributed by atoms with Gasteiger partial charge in [-0.2, -0.15) is 0 Å². The third-order valence-electron chi connectivity index (χ3n) is 1.66. The van der Waals surface area contributed by atoms with Gasteiger partial charge in [0.2, 0.25) is 11.8 Å². The van der Waals surface area contributed by atoms with Crippen molar-refractivity contribution in [3.63, 3.8) is 0 Å². The Kier molecular flexibility index (Phi) is 2.20. The summed E-state index contributed by atoms with van der Waals surface area (Å²) in [7, 11) is 0. The molecule has 0 aliphatic carbocycles. The van der Waals surface area contributed by atoms with E-state index in [0.717, 1.165) is 0 Å². The highest BCUT2D eigenvalue weighted by Gasteiger charge is 2.43. The molecule has 1 fully saturated rings. The second kappa shape index (κ2) is 3.02. The molecule has 1 heterocycles. The van der Waals surface area contributed by atoms with Crippen LogP contribution in [0.2, 0.25) is 0 Å². The lowest BCUT2D eigenvalue weighted by atomic mass is 9.93. The maximum Gasteiger partial charge on any atom is 0.271 e. The molecule has 1 rings (SSSR count). The molecule has 1 atom stereocenters. The fourth-order valence-electron chi connectivity index (χ4n) is 1.06. The van der Waals surface area contributed by atoms with Crippen LogP contribution in [0.25, 0.3) is 0 Å². The first-order valence-electron chi connectivity index (χ1n) is 3.54. The van der Waals surface area contributed by atoms with Crippen molar-refractivity contribution < 1.29 is 19.5 Å². The zero-order chi connectivity index (χ0) is 10.1. The quantitative estimate of drug-likeness (QED) is 0.371. The third kappa shape index (κ3) is 1.94. The Morgan fingerprint density at radius 3 is 2.69 bits per heavy atom. The summed E-state index contributed by atoms with van der Waals surface area (Å²) in [6, 6.07) is 0. The second-order valence-corrected chi connectivity index (χ2v) is 2.85. The Morgan fingerprint density at radius 1 is 1.54 bits per heavy atom. The van der Waals surface area contributed by atoms with Crippen LogP contribution >= 0.6 is 0 Å². The molecule has 0 bridgehead atoms. The highest BCUT2D eigenvalue weighted by Crippen LogP contribution is 2.17. The van der Waals surface area contributed by atoms with Gasteiger partial charge in [-0.05, 0) is 0 Å². The van der Waals surface area contributed by atoms with Gasteiger partial charge >= 0.3 is 0 Å². The molecule has 13 heavy (non-hydrogen) atoms. The van der Waals surface area contributed by atoms with E-state index < -0.39 is 36.2 Å². The van der Waals surface area contributed by atoms with Crippen molar-refractivity contribution >= 4 is 17.7 Å². The van der Waals surface area contributed by atoms with E-state index in [4.69, 9.17) is 5.73 Å². The number of nitrogens with two attached hydrogens (primary N) is 1. The molecule has 1 saturated heterocycles. The number of amides is 3. The summed E-state index contributed by atoms with van der Waals surface area (Å²) in [5, 5.41) is 9.51. The normalized spacial score (nSPS) is 27.8. The number of nitrogens with one attached hydrogen (secondary N) is 2. The highest BCUT2D eigenvalue weighted by molar-refractivity contribution is 5.98. The van der Waals surface area contributed by atoms with Gasteiger partial charge in [-0.15, -0.1) is 0 Å². The van der Waals surface area contributed by atoms with Crippen LogP contribution in [-0.4, -0.2) is 28.4 Å². The number of aliphatic hydroxyl groups is 1. The Bertz CT molecular complexity index is 273. The Hall–Kier alpha value is -1.63. The molecule has 7 nitrogen and oxygen atoms in total. The zero-order valence-corrected chi connectivity index (χ0v) is 6.66. The van der Waals surface area contributed by atoms with Gasteiger partial charge in [0.1, 0.15) is 0 Å². The summed E-state index contributed by atoms with van der Waals surface area (Å²) >= 11 is 0. The Morgan fingerprint density at radius 2 is 2.15 bits per heavy atom. The minimum Gasteiger partial charge on any atom is -0.379 e. The zero-order valence-electron chi connectivity index (χ0n) is 6.66. The van der Waals surface area contributed by atoms with Gasteiger partial charge in [0, 0.05) is 0 Å². The summed E-state index contributed by atoms with van der Waals surface area (Å²) in [6.45, 7) is 0. The van der Waals surface area contributed by atoms with E-state index in [-0.39, 0.29) is 0 Å². The van der Waals surface area contributed by atoms with Gasteiger partial charge in [0.15, 0.2) is 5.60 Å². The van der Waals surface area contributed by atoms with E-state index in [9.17, 15) is 19.5 Å². The third-order valence-corrected chi connectivity index (χ3v) is 1.66. The molecule has 72 valence electrons. The number of carbonyl (C=O) groups is 3. The van der Waals surface area contributed by atoms with Gasteiger partial charge < -0.3 is 10.8 Å². The number of primary amides is 1. The molecule has 0 spiro atoms. The summed E-state index contributed by atoms with van der Waals surface area (Å²) in [4.78, 5) is 32.3. The lowest BCUT2D eigenvalue weighted by Crippen LogP contribution is -2.61. The molecule has 3 amide bonds. The average Bonchev–Trinajstić information content (AvgIpc) is 1.95. The average molecular weight is 187 g/mol. The van der Waals surface area contributed by atoms with Crippen molar-refractivity contribution in [3.05, 3.63) is 0 Å². The molecule has 0 aromatic carbocycles. The van der Waals surface area contributed by atoms with Crippen molar-refractivity contribution in [2.45, 2.75) is 18.4 Å². The van der Waals surface area contributed by atoms with Crippen molar-refractivity contribution in [3.8, 4) is 0 Å². The largest absolute Gasteiger partial charge is 0.379 e. The Labute approximate surface area is 73.2 Å². The van der Waals surface area contributed by atoms with Crippen LogP contribution < -0.4 is 16.6 Å². The minimum atomic E-state index is -2.01. The number of hydrazine groups is 1. The monoisotopic (exact) mass is 187 g/mol. The first-order chi connectivity index (χ1) is 5.94. The van der Waals surface area contributed by atoms with Crippen LogP contribution in [0.5, 0.6) is 0 Å². The maximum atomic E-state index is 11.0. The van der Waals surface area contributed by atoms with E-state index in [1.165, 1.54) is 0 Å². The van der Waals surface area contributed by atoms with Gasteiger partial charge in [0.05, 0.1) is 12.8 Å². The van der Waals surface area contributed by atoms with E-state index in [0.29, 0.717) is 0 Å². The molecule has 0 aromatic heterocycles. The van der Waals surface area contributed by atoms with E-state index >= 15 is 0 Å². The summed E-state index contributed by atoms with van der Waals surface area (Å²) in [5.41, 5.74) is 6.74. The fourth-order valence-corrected chi connectivity index (χ4v) is 1.06. The number of carbonyl (C=O) groups excluding carboxylic acids is 3. The molecule has 1 aliphatic heterocycles. The van der Waals surface area contributed by atoms with E-state index in [1.54, 1.807) is 0 Å².